The number of ketones is 1. The first-order valence-corrected chi connectivity index (χ1v) is 6.39. The van der Waals surface area contributed by atoms with E-state index in [1.54, 1.807) is 12.3 Å². The van der Waals surface area contributed by atoms with Crippen LogP contribution in [0.25, 0.3) is 0 Å². The third kappa shape index (κ3) is 3.47. The van der Waals surface area contributed by atoms with Gasteiger partial charge in [0.2, 0.25) is 5.91 Å². The summed E-state index contributed by atoms with van der Waals surface area (Å²) in [6, 6.07) is 3.68. The summed E-state index contributed by atoms with van der Waals surface area (Å²) in [5.41, 5.74) is 6.14. The van der Waals surface area contributed by atoms with Gasteiger partial charge in [-0.1, -0.05) is 13.8 Å². The highest BCUT2D eigenvalue weighted by atomic mass is 16.3. The van der Waals surface area contributed by atoms with Crippen molar-refractivity contribution >= 4 is 11.7 Å². The van der Waals surface area contributed by atoms with Gasteiger partial charge in [-0.15, -0.1) is 0 Å². The zero-order chi connectivity index (χ0) is 13.8. The van der Waals surface area contributed by atoms with Crippen LogP contribution in [0.15, 0.2) is 34.6 Å². The van der Waals surface area contributed by atoms with Gasteiger partial charge in [-0.3, -0.25) is 15.0 Å². The minimum Gasteiger partial charge on any atom is -0.469 e. The predicted octanol–water partition coefficient (Wildman–Crippen LogP) is 1.89. The second-order valence-corrected chi connectivity index (χ2v) is 5.03. The molecule has 0 spiro atoms. The lowest BCUT2D eigenvalue weighted by molar-refractivity contribution is -0.125. The van der Waals surface area contributed by atoms with Gasteiger partial charge in [-0.05, 0) is 18.6 Å². The summed E-state index contributed by atoms with van der Waals surface area (Å²) < 4.78 is 5.34. The van der Waals surface area contributed by atoms with Gasteiger partial charge in [-0.2, -0.15) is 0 Å². The molecule has 19 heavy (non-hydrogen) atoms. The van der Waals surface area contributed by atoms with Crippen LogP contribution in [0.2, 0.25) is 0 Å². The molecule has 102 valence electrons. The highest BCUT2D eigenvalue weighted by molar-refractivity contribution is 5.92. The number of hydrazine groups is 1. The molecule has 1 amide bonds. The molecule has 0 radical (unpaired) electrons. The molecule has 1 aliphatic rings. The molecule has 0 saturated carbocycles. The molecule has 0 aromatic carbocycles. The largest absolute Gasteiger partial charge is 0.469 e. The van der Waals surface area contributed by atoms with E-state index in [1.807, 2.05) is 26.0 Å². The molecule has 0 unspecified atom stereocenters. The van der Waals surface area contributed by atoms with Crippen molar-refractivity contribution in [3.05, 3.63) is 35.9 Å². The Morgan fingerprint density at radius 3 is 2.84 bits per heavy atom. The molecule has 0 bridgehead atoms. The van der Waals surface area contributed by atoms with E-state index in [1.165, 1.54) is 0 Å². The van der Waals surface area contributed by atoms with Crippen LogP contribution in [-0.4, -0.2) is 11.7 Å². The van der Waals surface area contributed by atoms with Gasteiger partial charge in [0.05, 0.1) is 6.26 Å². The number of nitrogens with one attached hydrogen (secondary N) is 2. The van der Waals surface area contributed by atoms with Crippen LogP contribution in [0, 0.1) is 5.92 Å². The fourth-order valence-electron chi connectivity index (χ4n) is 1.99. The summed E-state index contributed by atoms with van der Waals surface area (Å²) in [5.74, 6) is 0.664. The van der Waals surface area contributed by atoms with Crippen LogP contribution in [0.5, 0.6) is 0 Å². The summed E-state index contributed by atoms with van der Waals surface area (Å²) in [5, 5.41) is 0. The Hall–Kier alpha value is -2.04. The topological polar surface area (TPSA) is 71.3 Å². The van der Waals surface area contributed by atoms with Gasteiger partial charge < -0.3 is 9.84 Å². The van der Waals surface area contributed by atoms with Gasteiger partial charge in [0, 0.05) is 30.0 Å². The molecule has 5 nitrogen and oxygen atoms in total. The third-order valence-electron chi connectivity index (χ3n) is 3.07. The van der Waals surface area contributed by atoms with Gasteiger partial charge in [0.1, 0.15) is 5.76 Å². The summed E-state index contributed by atoms with van der Waals surface area (Å²) in [6.45, 7) is 3.62. The van der Waals surface area contributed by atoms with Gasteiger partial charge >= 0.3 is 0 Å². The molecule has 1 heterocycles. The number of hydrogen-bond donors (Lipinski definition) is 2. The maximum atomic E-state index is 11.7. The van der Waals surface area contributed by atoms with E-state index in [2.05, 4.69) is 10.9 Å². The van der Waals surface area contributed by atoms with Gasteiger partial charge in [-0.25, -0.2) is 0 Å². The summed E-state index contributed by atoms with van der Waals surface area (Å²) in [7, 11) is 0. The Morgan fingerprint density at radius 1 is 1.42 bits per heavy atom. The Kier molecular flexibility index (Phi) is 4.04. The molecule has 1 aromatic heterocycles. The van der Waals surface area contributed by atoms with Gasteiger partial charge in [0.25, 0.3) is 0 Å². The van der Waals surface area contributed by atoms with E-state index in [0.717, 1.165) is 5.76 Å². The first-order chi connectivity index (χ1) is 9.06. The van der Waals surface area contributed by atoms with Crippen LogP contribution in [0.1, 0.15) is 38.4 Å². The van der Waals surface area contributed by atoms with Crippen molar-refractivity contribution in [1.82, 2.24) is 10.9 Å². The molecule has 2 N–H and O–H groups in total. The molecule has 1 aliphatic carbocycles. The maximum absolute atomic E-state index is 11.7. The molecular formula is C14H18N2O3. The van der Waals surface area contributed by atoms with Crippen molar-refractivity contribution in [2.45, 2.75) is 32.6 Å². The average Bonchev–Trinajstić information content (AvgIpc) is 2.89. The molecule has 1 atom stereocenters. The van der Waals surface area contributed by atoms with Crippen LogP contribution in [-0.2, 0) is 9.59 Å². The molecule has 5 heteroatoms. The molecule has 0 aliphatic heterocycles. The standard InChI is InChI=1S/C14H18N2O3/c1-9(2)14(18)16-15-11-6-10(7-12(17)8-11)13-4-3-5-19-13/h3-5,8-10,15H,6-7H2,1-2H3,(H,16,18)/t10-/m1/s1. The molecular weight excluding hydrogens is 244 g/mol. The van der Waals surface area contributed by atoms with Crippen LogP contribution in [0.3, 0.4) is 0 Å². The van der Waals surface area contributed by atoms with Gasteiger partial charge in [0.15, 0.2) is 5.78 Å². The summed E-state index contributed by atoms with van der Waals surface area (Å²) in [4.78, 5) is 23.2. The number of amides is 1. The first kappa shape index (κ1) is 13.4. The number of carbonyl (C=O) groups is 2. The Morgan fingerprint density at radius 2 is 2.21 bits per heavy atom. The fraction of sp³-hybridized carbons (Fsp3) is 0.429. The Balaban J connectivity index is 1.97. The molecule has 1 aromatic rings. The Labute approximate surface area is 112 Å². The van der Waals surface area contributed by atoms with E-state index in [0.29, 0.717) is 18.5 Å². The van der Waals surface area contributed by atoms with Crippen molar-refractivity contribution in [3.8, 4) is 0 Å². The SMILES string of the molecule is CC(C)C(=O)NNC1=CC(=O)C[C@H](c2ccco2)C1. The monoisotopic (exact) mass is 262 g/mol. The number of furan rings is 1. The van der Waals surface area contributed by atoms with E-state index < -0.39 is 0 Å². The highest BCUT2D eigenvalue weighted by Gasteiger charge is 2.24. The van der Waals surface area contributed by atoms with Crippen molar-refractivity contribution < 1.29 is 14.0 Å². The minimum atomic E-state index is -0.103. The molecule has 2 rings (SSSR count). The maximum Gasteiger partial charge on any atom is 0.240 e. The number of rotatable bonds is 4. The van der Waals surface area contributed by atoms with E-state index >= 15 is 0 Å². The van der Waals surface area contributed by atoms with E-state index in [9.17, 15) is 9.59 Å². The summed E-state index contributed by atoms with van der Waals surface area (Å²) >= 11 is 0. The Bertz CT molecular complexity index is 489. The average molecular weight is 262 g/mol. The van der Waals surface area contributed by atoms with Crippen molar-refractivity contribution in [2.24, 2.45) is 5.92 Å². The van der Waals surface area contributed by atoms with Crippen molar-refractivity contribution in [3.63, 3.8) is 0 Å². The quantitative estimate of drug-likeness (QED) is 0.813. The van der Waals surface area contributed by atoms with Crippen LogP contribution >= 0.6 is 0 Å². The predicted molar refractivity (Wildman–Crippen MR) is 69.9 cm³/mol. The van der Waals surface area contributed by atoms with Crippen molar-refractivity contribution in [1.29, 1.82) is 0 Å². The number of carbonyl (C=O) groups excluding carboxylic acids is 2. The second kappa shape index (κ2) is 5.73. The lowest BCUT2D eigenvalue weighted by Gasteiger charge is -2.22. The van der Waals surface area contributed by atoms with Crippen LogP contribution in [0.4, 0.5) is 0 Å². The lowest BCUT2D eigenvalue weighted by Crippen LogP contribution is -2.40. The minimum absolute atomic E-state index is 0.0333. The third-order valence-corrected chi connectivity index (χ3v) is 3.07. The van der Waals surface area contributed by atoms with Crippen LogP contribution < -0.4 is 10.9 Å². The number of allylic oxidation sites excluding steroid dienone is 2. The smallest absolute Gasteiger partial charge is 0.240 e. The first-order valence-electron chi connectivity index (χ1n) is 6.39. The zero-order valence-corrected chi connectivity index (χ0v) is 11.1. The molecule has 0 fully saturated rings. The normalized spacial score (nSPS) is 19.2. The van der Waals surface area contributed by atoms with Crippen molar-refractivity contribution in [2.75, 3.05) is 0 Å². The zero-order valence-electron chi connectivity index (χ0n) is 11.1. The van der Waals surface area contributed by atoms with E-state index in [-0.39, 0.29) is 23.5 Å². The summed E-state index contributed by atoms with van der Waals surface area (Å²) in [6.07, 6.45) is 4.24. The fourth-order valence-corrected chi connectivity index (χ4v) is 1.99. The number of hydrogen-bond acceptors (Lipinski definition) is 4. The second-order valence-electron chi connectivity index (χ2n) is 5.03. The molecule has 0 saturated heterocycles. The van der Waals surface area contributed by atoms with E-state index in [4.69, 9.17) is 4.42 Å². The highest BCUT2D eigenvalue weighted by Crippen LogP contribution is 2.30. The lowest BCUT2D eigenvalue weighted by atomic mass is 9.89.